The molecule has 0 aliphatic heterocycles. The highest BCUT2D eigenvalue weighted by atomic mass is 32.2. The lowest BCUT2D eigenvalue weighted by Gasteiger charge is -2.23. The molecule has 3 aromatic carbocycles. The number of hydrogen-bond donors (Lipinski definition) is 3. The summed E-state index contributed by atoms with van der Waals surface area (Å²) in [7, 11) is -2.41. The molecule has 4 rings (SSSR count). The molecule has 1 heterocycles. The monoisotopic (exact) mass is 510 g/mol. The van der Waals surface area contributed by atoms with Crippen molar-refractivity contribution in [3.05, 3.63) is 71.8 Å². The van der Waals surface area contributed by atoms with E-state index in [0.29, 0.717) is 5.56 Å². The third-order valence-electron chi connectivity index (χ3n) is 5.66. The number of carboxylic acid groups (broad SMARTS) is 1. The minimum absolute atomic E-state index is 0.0674. The van der Waals surface area contributed by atoms with Crippen molar-refractivity contribution in [2.75, 3.05) is 36.1 Å². The number of anilines is 3. The maximum atomic E-state index is 12.3. The Morgan fingerprint density at radius 3 is 2.19 bits per heavy atom. The quantitative estimate of drug-likeness (QED) is 0.298. The van der Waals surface area contributed by atoms with E-state index in [1.165, 1.54) is 19.2 Å². The lowest BCUT2D eigenvalue weighted by molar-refractivity contribution is 0.0699. The molecule has 9 nitrogen and oxygen atoms in total. The second kappa shape index (κ2) is 9.92. The van der Waals surface area contributed by atoms with Crippen LogP contribution in [0.4, 0.5) is 17.1 Å². The average molecular weight is 511 g/mol. The highest BCUT2D eigenvalue weighted by Gasteiger charge is 2.27. The zero-order valence-corrected chi connectivity index (χ0v) is 20.8. The number of rotatable bonds is 9. The number of fused-ring (bicyclic) bond motifs is 1. The van der Waals surface area contributed by atoms with Crippen LogP contribution < -0.4 is 14.4 Å². The highest BCUT2D eigenvalue weighted by Crippen LogP contribution is 2.41. The number of nitrogens with zero attached hydrogens (tertiary/aromatic N) is 1. The van der Waals surface area contributed by atoms with E-state index >= 15 is 0 Å². The first kappa shape index (κ1) is 25.1. The number of aromatic carboxylic acids is 1. The van der Waals surface area contributed by atoms with Crippen LogP contribution in [0.15, 0.2) is 65.1 Å². The zero-order valence-electron chi connectivity index (χ0n) is 20.0. The first-order valence-corrected chi connectivity index (χ1v) is 12.9. The van der Waals surface area contributed by atoms with E-state index in [9.17, 15) is 23.4 Å². The van der Waals surface area contributed by atoms with Crippen LogP contribution in [0, 0.1) is 6.92 Å². The first-order valence-electron chi connectivity index (χ1n) is 11.0. The molecular formula is C26H26N2O7S. The number of hydrogen-bond acceptors (Lipinski definition) is 7. The molecule has 0 radical (unpaired) electrons. The molecule has 0 atom stereocenters. The number of aliphatic hydroxyl groups is 1. The number of carboxylic acids is 1. The largest absolute Gasteiger partial charge is 0.495 e. The van der Waals surface area contributed by atoms with Gasteiger partial charge in [0.15, 0.2) is 0 Å². The van der Waals surface area contributed by atoms with E-state index in [2.05, 4.69) is 5.32 Å². The van der Waals surface area contributed by atoms with Crippen molar-refractivity contribution in [1.82, 2.24) is 0 Å². The van der Waals surface area contributed by atoms with Crippen LogP contribution in [0.3, 0.4) is 0 Å². The van der Waals surface area contributed by atoms with Gasteiger partial charge in [-0.3, -0.25) is 4.31 Å². The van der Waals surface area contributed by atoms with Gasteiger partial charge in [-0.1, -0.05) is 17.7 Å². The van der Waals surface area contributed by atoms with E-state index in [1.54, 1.807) is 12.1 Å². The molecular weight excluding hydrogens is 484 g/mol. The number of benzene rings is 3. The molecule has 36 heavy (non-hydrogen) atoms. The summed E-state index contributed by atoms with van der Waals surface area (Å²) in [6, 6.07) is 17.9. The third-order valence-corrected chi connectivity index (χ3v) is 6.84. The molecule has 3 N–H and O–H groups in total. The molecule has 4 aromatic rings. The van der Waals surface area contributed by atoms with Gasteiger partial charge in [0.25, 0.3) is 0 Å². The Labute approximate surface area is 208 Å². The SMILES string of the molecule is COc1cc2c(C(=O)O)c(-c3ccc(Nc4ccc(C)cc4)cc3)oc2cc1N(CCO)S(C)(=O)=O. The van der Waals surface area contributed by atoms with Gasteiger partial charge >= 0.3 is 5.97 Å². The molecule has 188 valence electrons. The van der Waals surface area contributed by atoms with Gasteiger partial charge in [-0.25, -0.2) is 13.2 Å². The van der Waals surface area contributed by atoms with Crippen LogP contribution in [0.2, 0.25) is 0 Å². The summed E-state index contributed by atoms with van der Waals surface area (Å²) >= 11 is 0. The normalized spacial score (nSPS) is 11.4. The van der Waals surface area contributed by atoms with Crippen molar-refractivity contribution < 1.29 is 32.6 Å². The summed E-state index contributed by atoms with van der Waals surface area (Å²) in [5, 5.41) is 22.9. The second-order valence-electron chi connectivity index (χ2n) is 8.26. The number of ether oxygens (including phenoxy) is 1. The summed E-state index contributed by atoms with van der Waals surface area (Å²) in [6.07, 6.45) is 1.01. The van der Waals surface area contributed by atoms with Gasteiger partial charge in [0.2, 0.25) is 10.0 Å². The molecule has 0 saturated carbocycles. The number of methoxy groups -OCH3 is 1. The molecule has 0 unspecified atom stereocenters. The van der Waals surface area contributed by atoms with E-state index < -0.39 is 22.6 Å². The topological polar surface area (TPSA) is 129 Å². The molecule has 0 bridgehead atoms. The summed E-state index contributed by atoms with van der Waals surface area (Å²) in [6.45, 7) is 1.40. The van der Waals surface area contributed by atoms with Crippen molar-refractivity contribution >= 4 is 44.0 Å². The summed E-state index contributed by atoms with van der Waals surface area (Å²) < 4.78 is 37.0. The van der Waals surface area contributed by atoms with Crippen molar-refractivity contribution in [3.8, 4) is 17.1 Å². The van der Waals surface area contributed by atoms with Crippen molar-refractivity contribution in [2.45, 2.75) is 6.92 Å². The maximum absolute atomic E-state index is 12.3. The van der Waals surface area contributed by atoms with Crippen LogP contribution in [0.5, 0.6) is 5.75 Å². The first-order chi connectivity index (χ1) is 17.1. The summed E-state index contributed by atoms with van der Waals surface area (Å²) in [4.78, 5) is 12.2. The van der Waals surface area contributed by atoms with Crippen molar-refractivity contribution in [1.29, 1.82) is 0 Å². The Kier molecular flexibility index (Phi) is 6.91. The van der Waals surface area contributed by atoms with Gasteiger partial charge < -0.3 is 24.7 Å². The Hall–Kier alpha value is -4.02. The number of sulfonamides is 1. The van der Waals surface area contributed by atoms with E-state index in [-0.39, 0.29) is 40.3 Å². The molecule has 0 saturated heterocycles. The second-order valence-corrected chi connectivity index (χ2v) is 10.2. The predicted molar refractivity (Wildman–Crippen MR) is 139 cm³/mol. The Balaban J connectivity index is 1.79. The molecule has 0 spiro atoms. The van der Waals surface area contributed by atoms with Crippen LogP contribution in [-0.4, -0.2) is 51.1 Å². The van der Waals surface area contributed by atoms with Crippen LogP contribution >= 0.6 is 0 Å². The van der Waals surface area contributed by atoms with Crippen molar-refractivity contribution in [3.63, 3.8) is 0 Å². The molecule has 10 heteroatoms. The number of furan rings is 1. The van der Waals surface area contributed by atoms with Gasteiger partial charge in [-0.05, 0) is 49.4 Å². The highest BCUT2D eigenvalue weighted by molar-refractivity contribution is 7.92. The fourth-order valence-electron chi connectivity index (χ4n) is 3.95. The third kappa shape index (κ3) is 5.00. The van der Waals surface area contributed by atoms with Crippen LogP contribution in [-0.2, 0) is 10.0 Å². The average Bonchev–Trinajstić information content (AvgIpc) is 3.21. The molecule has 1 aromatic heterocycles. The van der Waals surface area contributed by atoms with Gasteiger partial charge in [0.1, 0.15) is 22.7 Å². The number of aryl methyl sites for hydroxylation is 1. The standard InChI is InChI=1S/C26H26N2O7S/c1-16-4-8-18(9-5-16)27-19-10-6-17(7-11-19)25-24(26(30)31)20-14-23(34-2)21(15-22(20)35-25)28(12-13-29)36(3,32)33/h4-11,14-15,27,29H,12-13H2,1-3H3,(H,30,31). The van der Waals surface area contributed by atoms with Gasteiger partial charge in [-0.2, -0.15) is 0 Å². The number of carbonyl (C=O) groups is 1. The van der Waals surface area contributed by atoms with E-state index in [1.807, 2.05) is 43.3 Å². The lowest BCUT2D eigenvalue weighted by Crippen LogP contribution is -2.32. The molecule has 0 aliphatic rings. The maximum Gasteiger partial charge on any atom is 0.340 e. The Morgan fingerprint density at radius 1 is 1.06 bits per heavy atom. The van der Waals surface area contributed by atoms with Gasteiger partial charge in [0.05, 0.1) is 32.2 Å². The Bertz CT molecular complexity index is 1510. The Morgan fingerprint density at radius 2 is 1.67 bits per heavy atom. The fraction of sp³-hybridized carbons (Fsp3) is 0.192. The fourth-order valence-corrected chi connectivity index (χ4v) is 4.86. The summed E-state index contributed by atoms with van der Waals surface area (Å²) in [5.74, 6) is -0.934. The van der Waals surface area contributed by atoms with Crippen LogP contribution in [0.25, 0.3) is 22.3 Å². The van der Waals surface area contributed by atoms with E-state index in [4.69, 9.17) is 9.15 Å². The minimum atomic E-state index is -3.76. The zero-order chi connectivity index (χ0) is 26.0. The van der Waals surface area contributed by atoms with E-state index in [0.717, 1.165) is 27.5 Å². The number of aliphatic hydroxyl groups excluding tert-OH is 1. The number of nitrogens with one attached hydrogen (secondary N) is 1. The predicted octanol–water partition coefficient (Wildman–Crippen LogP) is 4.62. The van der Waals surface area contributed by atoms with Crippen molar-refractivity contribution in [2.24, 2.45) is 0 Å². The lowest BCUT2D eigenvalue weighted by atomic mass is 10.0. The molecule has 0 amide bonds. The van der Waals surface area contributed by atoms with Gasteiger partial charge in [-0.15, -0.1) is 0 Å². The van der Waals surface area contributed by atoms with Gasteiger partial charge in [0, 0.05) is 28.4 Å². The van der Waals surface area contributed by atoms with Crippen LogP contribution in [0.1, 0.15) is 15.9 Å². The summed E-state index contributed by atoms with van der Waals surface area (Å²) in [5.41, 5.74) is 3.66. The smallest absolute Gasteiger partial charge is 0.340 e. The minimum Gasteiger partial charge on any atom is -0.495 e. The molecule has 0 fully saturated rings. The molecule has 0 aliphatic carbocycles.